The van der Waals surface area contributed by atoms with Crippen LogP contribution in [0.3, 0.4) is 0 Å². The summed E-state index contributed by atoms with van der Waals surface area (Å²) in [4.78, 5) is 14.5. The van der Waals surface area contributed by atoms with Gasteiger partial charge in [0.25, 0.3) is 0 Å². The largest absolute Gasteiger partial charge is 0.481 e. The summed E-state index contributed by atoms with van der Waals surface area (Å²) in [5, 5.41) is 11.6. The minimum Gasteiger partial charge on any atom is -0.481 e. The maximum Gasteiger partial charge on any atom is 0.304 e. The summed E-state index contributed by atoms with van der Waals surface area (Å²) in [6.45, 7) is 1.17. The highest BCUT2D eigenvalue weighted by Crippen LogP contribution is 2.18. The number of hydrogen-bond donors (Lipinski definition) is 2. The number of carbonyl (C=O) groups is 1. The summed E-state index contributed by atoms with van der Waals surface area (Å²) in [6.07, 6.45) is 3.73. The molecule has 4 nitrogen and oxygen atoms in total. The number of rotatable bonds is 6. The molecule has 0 saturated carbocycles. The lowest BCUT2D eigenvalue weighted by molar-refractivity contribution is -0.136. The molecule has 0 unspecified atom stereocenters. The molecule has 1 aromatic carbocycles. The molecule has 0 spiro atoms. The molecular formula is C15H16N2O2. The first-order valence-electron chi connectivity index (χ1n) is 6.17. The topological polar surface area (TPSA) is 62.2 Å². The summed E-state index contributed by atoms with van der Waals surface area (Å²) >= 11 is 0. The quantitative estimate of drug-likeness (QED) is 0.779. The molecular weight excluding hydrogens is 240 g/mol. The van der Waals surface area contributed by atoms with Crippen LogP contribution in [-0.4, -0.2) is 22.6 Å². The van der Waals surface area contributed by atoms with Gasteiger partial charge in [0.2, 0.25) is 0 Å². The lowest BCUT2D eigenvalue weighted by Gasteiger charge is -2.05. The van der Waals surface area contributed by atoms with E-state index in [1.807, 2.05) is 42.6 Å². The third-order valence-corrected chi connectivity index (χ3v) is 2.79. The lowest BCUT2D eigenvalue weighted by atomic mass is 10.1. The summed E-state index contributed by atoms with van der Waals surface area (Å²) < 4.78 is 0. The number of carboxylic acids is 1. The van der Waals surface area contributed by atoms with Crippen LogP contribution in [0.5, 0.6) is 0 Å². The van der Waals surface area contributed by atoms with Crippen molar-refractivity contribution < 1.29 is 9.90 Å². The number of aliphatic carboxylic acids is 1. The van der Waals surface area contributed by atoms with Gasteiger partial charge in [-0.1, -0.05) is 30.3 Å². The highest BCUT2D eigenvalue weighted by molar-refractivity contribution is 5.66. The Balaban J connectivity index is 1.90. The molecule has 2 rings (SSSR count). The van der Waals surface area contributed by atoms with E-state index < -0.39 is 5.97 Å². The predicted molar refractivity (Wildman–Crippen MR) is 73.6 cm³/mol. The summed E-state index contributed by atoms with van der Waals surface area (Å²) in [6, 6.07) is 12.1. The zero-order valence-corrected chi connectivity index (χ0v) is 10.5. The van der Waals surface area contributed by atoms with Gasteiger partial charge in [-0.15, -0.1) is 0 Å². The van der Waals surface area contributed by atoms with Crippen LogP contribution in [0.1, 0.15) is 12.0 Å². The third kappa shape index (κ3) is 4.19. The number of carboxylic acid groups (broad SMARTS) is 1. The van der Waals surface area contributed by atoms with Crippen LogP contribution in [0.15, 0.2) is 48.8 Å². The van der Waals surface area contributed by atoms with E-state index in [2.05, 4.69) is 10.3 Å². The molecule has 0 aliphatic rings. The second kappa shape index (κ2) is 6.66. The number of nitrogens with one attached hydrogen (secondary N) is 1. The van der Waals surface area contributed by atoms with Gasteiger partial charge in [0.1, 0.15) is 0 Å². The molecule has 19 heavy (non-hydrogen) atoms. The lowest BCUT2D eigenvalue weighted by Crippen LogP contribution is -2.17. The Morgan fingerprint density at radius 2 is 1.95 bits per heavy atom. The van der Waals surface area contributed by atoms with Crippen molar-refractivity contribution in [3.05, 3.63) is 54.4 Å². The van der Waals surface area contributed by atoms with Gasteiger partial charge in [0.15, 0.2) is 0 Å². The van der Waals surface area contributed by atoms with E-state index in [1.54, 1.807) is 6.20 Å². The molecule has 0 amide bonds. The van der Waals surface area contributed by atoms with Crippen LogP contribution < -0.4 is 5.32 Å². The van der Waals surface area contributed by atoms with Crippen molar-refractivity contribution in [2.45, 2.75) is 13.0 Å². The first-order chi connectivity index (χ1) is 9.25. The SMILES string of the molecule is O=C(O)CCNCc1ccc(-c2cccnc2)cc1. The van der Waals surface area contributed by atoms with Gasteiger partial charge in [-0.3, -0.25) is 9.78 Å². The van der Waals surface area contributed by atoms with Crippen molar-refractivity contribution in [2.75, 3.05) is 6.54 Å². The van der Waals surface area contributed by atoms with Crippen LogP contribution in [0.25, 0.3) is 11.1 Å². The van der Waals surface area contributed by atoms with Crippen molar-refractivity contribution >= 4 is 5.97 Å². The summed E-state index contributed by atoms with van der Waals surface area (Å²) in [5.74, 6) is -0.778. The summed E-state index contributed by atoms with van der Waals surface area (Å²) in [7, 11) is 0. The first kappa shape index (κ1) is 13.2. The molecule has 1 heterocycles. The van der Waals surface area contributed by atoms with E-state index in [-0.39, 0.29) is 6.42 Å². The van der Waals surface area contributed by atoms with Crippen molar-refractivity contribution in [1.29, 1.82) is 0 Å². The zero-order valence-electron chi connectivity index (χ0n) is 10.5. The molecule has 0 bridgehead atoms. The molecule has 2 N–H and O–H groups in total. The number of nitrogens with zero attached hydrogens (tertiary/aromatic N) is 1. The molecule has 0 radical (unpaired) electrons. The van der Waals surface area contributed by atoms with Crippen molar-refractivity contribution in [3.63, 3.8) is 0 Å². The Morgan fingerprint density at radius 3 is 2.58 bits per heavy atom. The van der Waals surface area contributed by atoms with Gasteiger partial charge < -0.3 is 10.4 Å². The van der Waals surface area contributed by atoms with Crippen molar-refractivity contribution in [1.82, 2.24) is 10.3 Å². The molecule has 0 fully saturated rings. The highest BCUT2D eigenvalue weighted by Gasteiger charge is 1.99. The van der Waals surface area contributed by atoms with Gasteiger partial charge >= 0.3 is 5.97 Å². The molecule has 1 aromatic heterocycles. The fraction of sp³-hybridized carbons (Fsp3) is 0.200. The molecule has 0 aliphatic carbocycles. The van der Waals surface area contributed by atoms with E-state index in [0.29, 0.717) is 13.1 Å². The smallest absolute Gasteiger partial charge is 0.304 e. The summed E-state index contributed by atoms with van der Waals surface area (Å²) in [5.41, 5.74) is 3.35. The first-order valence-corrected chi connectivity index (χ1v) is 6.17. The van der Waals surface area contributed by atoms with Gasteiger partial charge in [0, 0.05) is 25.5 Å². The number of benzene rings is 1. The number of hydrogen-bond acceptors (Lipinski definition) is 3. The predicted octanol–water partition coefficient (Wildman–Crippen LogP) is 2.31. The van der Waals surface area contributed by atoms with Gasteiger partial charge in [-0.25, -0.2) is 0 Å². The molecule has 2 aromatic rings. The molecule has 0 atom stereocenters. The number of pyridine rings is 1. The molecule has 0 aliphatic heterocycles. The normalized spacial score (nSPS) is 10.3. The van der Waals surface area contributed by atoms with Gasteiger partial charge in [-0.05, 0) is 22.8 Å². The molecule has 98 valence electrons. The van der Waals surface area contributed by atoms with Crippen LogP contribution in [0, 0.1) is 0 Å². The van der Waals surface area contributed by atoms with Crippen molar-refractivity contribution in [3.8, 4) is 11.1 Å². The average molecular weight is 256 g/mol. The zero-order chi connectivity index (χ0) is 13.5. The van der Waals surface area contributed by atoms with Gasteiger partial charge in [-0.2, -0.15) is 0 Å². The van der Waals surface area contributed by atoms with E-state index in [1.165, 1.54) is 0 Å². The van der Waals surface area contributed by atoms with E-state index in [4.69, 9.17) is 5.11 Å². The van der Waals surface area contributed by atoms with Crippen LogP contribution in [0.2, 0.25) is 0 Å². The fourth-order valence-corrected chi connectivity index (χ4v) is 1.78. The minimum absolute atomic E-state index is 0.147. The van der Waals surface area contributed by atoms with Crippen molar-refractivity contribution in [2.24, 2.45) is 0 Å². The van der Waals surface area contributed by atoms with E-state index in [9.17, 15) is 4.79 Å². The van der Waals surface area contributed by atoms with Crippen LogP contribution in [0.4, 0.5) is 0 Å². The number of aromatic nitrogens is 1. The molecule has 0 saturated heterocycles. The van der Waals surface area contributed by atoms with Crippen LogP contribution in [-0.2, 0) is 11.3 Å². The maximum absolute atomic E-state index is 10.4. The Morgan fingerprint density at radius 1 is 1.16 bits per heavy atom. The monoisotopic (exact) mass is 256 g/mol. The Labute approximate surface area is 112 Å². The fourth-order valence-electron chi connectivity index (χ4n) is 1.78. The second-order valence-electron chi connectivity index (χ2n) is 4.26. The third-order valence-electron chi connectivity index (χ3n) is 2.79. The Hall–Kier alpha value is -2.20. The Kier molecular flexibility index (Phi) is 4.64. The highest BCUT2D eigenvalue weighted by atomic mass is 16.4. The molecule has 4 heteroatoms. The average Bonchev–Trinajstić information content (AvgIpc) is 2.45. The maximum atomic E-state index is 10.4. The Bertz CT molecular complexity index is 524. The van der Waals surface area contributed by atoms with E-state index in [0.717, 1.165) is 16.7 Å². The van der Waals surface area contributed by atoms with Gasteiger partial charge in [0.05, 0.1) is 6.42 Å². The minimum atomic E-state index is -0.778. The second-order valence-corrected chi connectivity index (χ2v) is 4.26. The van der Waals surface area contributed by atoms with Crippen LogP contribution >= 0.6 is 0 Å². The standard InChI is InChI=1S/C15H16N2O2/c18-15(19)7-9-17-10-12-3-5-13(6-4-12)14-2-1-8-16-11-14/h1-6,8,11,17H,7,9-10H2,(H,18,19). The van der Waals surface area contributed by atoms with E-state index >= 15 is 0 Å².